The summed E-state index contributed by atoms with van der Waals surface area (Å²) in [6.07, 6.45) is 1.40. The van der Waals surface area contributed by atoms with Crippen LogP contribution < -0.4 is 11.1 Å². The number of amides is 1. The average Bonchev–Trinajstić information content (AvgIpc) is 2.46. The Bertz CT molecular complexity index is 451. The molecule has 0 saturated carbocycles. The van der Waals surface area contributed by atoms with Gasteiger partial charge in [0, 0.05) is 30.8 Å². The lowest BCUT2D eigenvalue weighted by Crippen LogP contribution is -2.49. The van der Waals surface area contributed by atoms with E-state index in [-0.39, 0.29) is 18.3 Å². The van der Waals surface area contributed by atoms with Gasteiger partial charge in [-0.1, -0.05) is 34.1 Å². The van der Waals surface area contributed by atoms with Gasteiger partial charge in [0.2, 0.25) is 5.91 Å². The molecule has 3 N–H and O–H groups in total. The van der Waals surface area contributed by atoms with Crippen molar-refractivity contribution < 1.29 is 9.53 Å². The van der Waals surface area contributed by atoms with E-state index < -0.39 is 5.41 Å². The van der Waals surface area contributed by atoms with Crippen LogP contribution in [0, 0.1) is 5.41 Å². The van der Waals surface area contributed by atoms with E-state index >= 15 is 0 Å². The van der Waals surface area contributed by atoms with E-state index in [0.717, 1.165) is 10.0 Å². The van der Waals surface area contributed by atoms with Crippen LogP contribution in [0.1, 0.15) is 18.4 Å². The SMILES string of the molecule is Cl.NCC1(C(=O)NCc2ccccc2Br)CCOCC1. The highest BCUT2D eigenvalue weighted by molar-refractivity contribution is 9.10. The van der Waals surface area contributed by atoms with Crippen molar-refractivity contribution in [3.63, 3.8) is 0 Å². The van der Waals surface area contributed by atoms with E-state index in [9.17, 15) is 4.79 Å². The van der Waals surface area contributed by atoms with Crippen molar-refractivity contribution in [2.24, 2.45) is 11.1 Å². The van der Waals surface area contributed by atoms with Gasteiger partial charge in [-0.25, -0.2) is 0 Å². The van der Waals surface area contributed by atoms with Gasteiger partial charge in [0.1, 0.15) is 0 Å². The van der Waals surface area contributed by atoms with E-state index in [0.29, 0.717) is 39.1 Å². The molecule has 1 heterocycles. The highest BCUT2D eigenvalue weighted by atomic mass is 79.9. The Morgan fingerprint density at radius 2 is 2.00 bits per heavy atom. The largest absolute Gasteiger partial charge is 0.381 e. The van der Waals surface area contributed by atoms with Gasteiger partial charge in [-0.15, -0.1) is 12.4 Å². The molecule has 0 aromatic heterocycles. The smallest absolute Gasteiger partial charge is 0.227 e. The Labute approximate surface area is 134 Å². The maximum Gasteiger partial charge on any atom is 0.227 e. The molecule has 1 amide bonds. The number of hydrogen-bond acceptors (Lipinski definition) is 3. The van der Waals surface area contributed by atoms with Crippen LogP contribution >= 0.6 is 28.3 Å². The second kappa shape index (κ2) is 7.98. The molecule has 6 heteroatoms. The molecule has 1 aliphatic heterocycles. The van der Waals surface area contributed by atoms with Gasteiger partial charge in [0.15, 0.2) is 0 Å². The summed E-state index contributed by atoms with van der Waals surface area (Å²) in [4.78, 5) is 12.4. The van der Waals surface area contributed by atoms with Gasteiger partial charge in [-0.3, -0.25) is 4.79 Å². The standard InChI is InChI=1S/C14H19BrN2O2.ClH/c15-12-4-2-1-3-11(12)9-17-13(18)14(10-16)5-7-19-8-6-14;/h1-4H,5-10,16H2,(H,17,18);1H. The van der Waals surface area contributed by atoms with E-state index in [1.807, 2.05) is 24.3 Å². The van der Waals surface area contributed by atoms with Gasteiger partial charge in [-0.2, -0.15) is 0 Å². The third-order valence-corrected chi connectivity index (χ3v) is 4.49. The fourth-order valence-corrected chi connectivity index (χ4v) is 2.72. The number of hydrogen-bond donors (Lipinski definition) is 2. The number of nitrogens with two attached hydrogens (primary N) is 1. The van der Waals surface area contributed by atoms with Crippen molar-refractivity contribution >= 4 is 34.2 Å². The second-order valence-electron chi connectivity index (χ2n) is 4.87. The molecule has 0 aliphatic carbocycles. The minimum atomic E-state index is -0.459. The molecular formula is C14H20BrClN2O2. The Hall–Kier alpha value is -0.620. The van der Waals surface area contributed by atoms with Crippen LogP contribution in [-0.4, -0.2) is 25.7 Å². The minimum Gasteiger partial charge on any atom is -0.381 e. The number of nitrogens with one attached hydrogen (secondary N) is 1. The summed E-state index contributed by atoms with van der Waals surface area (Å²) in [5.41, 5.74) is 6.42. The Kier molecular flexibility index (Phi) is 6.95. The second-order valence-corrected chi connectivity index (χ2v) is 5.73. The first kappa shape index (κ1) is 17.4. The first-order valence-corrected chi connectivity index (χ1v) is 7.27. The predicted molar refractivity (Wildman–Crippen MR) is 84.8 cm³/mol. The molecule has 1 saturated heterocycles. The van der Waals surface area contributed by atoms with Crippen molar-refractivity contribution in [1.82, 2.24) is 5.32 Å². The van der Waals surface area contributed by atoms with E-state index in [4.69, 9.17) is 10.5 Å². The molecule has 4 nitrogen and oxygen atoms in total. The van der Waals surface area contributed by atoms with Crippen LogP contribution in [0.5, 0.6) is 0 Å². The monoisotopic (exact) mass is 362 g/mol. The molecule has 1 fully saturated rings. The quantitative estimate of drug-likeness (QED) is 0.862. The Morgan fingerprint density at radius 3 is 2.60 bits per heavy atom. The summed E-state index contributed by atoms with van der Waals surface area (Å²) in [5.74, 6) is 0.0362. The molecule has 0 radical (unpaired) electrons. The number of benzene rings is 1. The highest BCUT2D eigenvalue weighted by Gasteiger charge is 2.38. The number of carbonyl (C=O) groups is 1. The summed E-state index contributed by atoms with van der Waals surface area (Å²) >= 11 is 3.48. The van der Waals surface area contributed by atoms with Crippen LogP contribution in [0.4, 0.5) is 0 Å². The van der Waals surface area contributed by atoms with Crippen molar-refractivity contribution in [2.45, 2.75) is 19.4 Å². The topological polar surface area (TPSA) is 64.4 Å². The van der Waals surface area contributed by atoms with Crippen molar-refractivity contribution in [2.75, 3.05) is 19.8 Å². The number of carbonyl (C=O) groups excluding carboxylic acids is 1. The molecule has 0 atom stereocenters. The molecule has 1 aromatic carbocycles. The van der Waals surface area contributed by atoms with E-state index in [1.54, 1.807) is 0 Å². The van der Waals surface area contributed by atoms with Crippen LogP contribution in [0.15, 0.2) is 28.7 Å². The molecular weight excluding hydrogens is 344 g/mol. The molecule has 2 rings (SSSR count). The molecule has 20 heavy (non-hydrogen) atoms. The highest BCUT2D eigenvalue weighted by Crippen LogP contribution is 2.29. The zero-order valence-electron chi connectivity index (χ0n) is 11.2. The first-order valence-electron chi connectivity index (χ1n) is 6.47. The fourth-order valence-electron chi connectivity index (χ4n) is 2.29. The van der Waals surface area contributed by atoms with Crippen LogP contribution in [0.25, 0.3) is 0 Å². The lowest BCUT2D eigenvalue weighted by Gasteiger charge is -2.34. The number of ether oxygens (including phenoxy) is 1. The summed E-state index contributed by atoms with van der Waals surface area (Å²) in [6.45, 7) is 2.11. The van der Waals surface area contributed by atoms with E-state index in [2.05, 4.69) is 21.2 Å². The maximum absolute atomic E-state index is 12.4. The first-order chi connectivity index (χ1) is 9.18. The Balaban J connectivity index is 0.00000200. The van der Waals surface area contributed by atoms with Gasteiger partial charge < -0.3 is 15.8 Å². The maximum atomic E-state index is 12.4. The predicted octanol–water partition coefficient (Wildman–Crippen LogP) is 2.24. The molecule has 1 aromatic rings. The summed E-state index contributed by atoms with van der Waals surface area (Å²) < 4.78 is 6.32. The lowest BCUT2D eigenvalue weighted by atomic mass is 9.79. The fraction of sp³-hybridized carbons (Fsp3) is 0.500. The molecule has 1 aliphatic rings. The van der Waals surface area contributed by atoms with Crippen molar-refractivity contribution in [3.8, 4) is 0 Å². The lowest BCUT2D eigenvalue weighted by molar-refractivity contribution is -0.136. The van der Waals surface area contributed by atoms with Crippen molar-refractivity contribution in [3.05, 3.63) is 34.3 Å². The minimum absolute atomic E-state index is 0. The Morgan fingerprint density at radius 1 is 1.35 bits per heavy atom. The third kappa shape index (κ3) is 3.95. The van der Waals surface area contributed by atoms with Crippen molar-refractivity contribution in [1.29, 1.82) is 0 Å². The van der Waals surface area contributed by atoms with Gasteiger partial charge in [0.25, 0.3) is 0 Å². The van der Waals surface area contributed by atoms with Gasteiger partial charge >= 0.3 is 0 Å². The zero-order valence-corrected chi connectivity index (χ0v) is 13.6. The molecule has 0 spiro atoms. The van der Waals surface area contributed by atoms with E-state index in [1.165, 1.54) is 0 Å². The van der Waals surface area contributed by atoms with Gasteiger partial charge in [-0.05, 0) is 24.5 Å². The average molecular weight is 364 g/mol. The van der Waals surface area contributed by atoms with Crippen LogP contribution in [0.3, 0.4) is 0 Å². The zero-order chi connectivity index (χ0) is 13.7. The number of rotatable bonds is 4. The van der Waals surface area contributed by atoms with Crippen LogP contribution in [0.2, 0.25) is 0 Å². The third-order valence-electron chi connectivity index (χ3n) is 3.72. The summed E-state index contributed by atoms with van der Waals surface area (Å²) in [6, 6.07) is 7.87. The number of halogens is 2. The van der Waals surface area contributed by atoms with Crippen LogP contribution in [-0.2, 0) is 16.1 Å². The molecule has 112 valence electrons. The summed E-state index contributed by atoms with van der Waals surface area (Å²) in [7, 11) is 0. The normalized spacial score (nSPS) is 17.1. The molecule has 0 unspecified atom stereocenters. The van der Waals surface area contributed by atoms with Gasteiger partial charge in [0.05, 0.1) is 5.41 Å². The summed E-state index contributed by atoms with van der Waals surface area (Å²) in [5, 5.41) is 3.00. The molecule has 0 bridgehead atoms.